The molecular formula is C22H18FN5O. The van der Waals surface area contributed by atoms with Crippen molar-refractivity contribution in [1.29, 1.82) is 0 Å². The average Bonchev–Trinajstić information content (AvgIpc) is 3.18. The molecule has 1 N–H and O–H groups in total. The number of aromatic nitrogens is 4. The number of carbonyl (C=O) groups is 1. The number of hydrogen-bond donors (Lipinski definition) is 1. The van der Waals surface area contributed by atoms with Crippen LogP contribution in [0.3, 0.4) is 0 Å². The van der Waals surface area contributed by atoms with Gasteiger partial charge in [0.25, 0.3) is 0 Å². The highest BCUT2D eigenvalue weighted by atomic mass is 19.1. The van der Waals surface area contributed by atoms with Crippen LogP contribution in [0.15, 0.2) is 54.9 Å². The number of benzene rings is 2. The number of nitrogens with one attached hydrogen (secondary N) is 1. The smallest absolute Gasteiger partial charge is 0.170 e. The second-order valence-electron chi connectivity index (χ2n) is 7.07. The van der Waals surface area contributed by atoms with Gasteiger partial charge in [-0.1, -0.05) is 12.1 Å². The van der Waals surface area contributed by atoms with Crippen LogP contribution in [0.4, 0.5) is 4.39 Å². The summed E-state index contributed by atoms with van der Waals surface area (Å²) < 4.78 is 15.1. The number of fused-ring (bicyclic) bond motifs is 2. The zero-order valence-electron chi connectivity index (χ0n) is 15.6. The molecule has 0 saturated heterocycles. The largest absolute Gasteiger partial charge is 0.309 e. The van der Waals surface area contributed by atoms with E-state index in [-0.39, 0.29) is 18.0 Å². The Kier molecular flexibility index (Phi) is 4.37. The summed E-state index contributed by atoms with van der Waals surface area (Å²) >= 11 is 0. The summed E-state index contributed by atoms with van der Waals surface area (Å²) in [7, 11) is 0. The van der Waals surface area contributed by atoms with E-state index in [1.165, 1.54) is 24.3 Å². The molecule has 0 unspecified atom stereocenters. The van der Waals surface area contributed by atoms with E-state index < -0.39 is 0 Å². The molecule has 144 valence electrons. The molecule has 29 heavy (non-hydrogen) atoms. The Balaban J connectivity index is 1.46. The number of carbonyl (C=O) groups excluding carboxylic acids is 1. The lowest BCUT2D eigenvalue weighted by atomic mass is 10.0. The van der Waals surface area contributed by atoms with E-state index in [1.54, 1.807) is 6.20 Å². The Morgan fingerprint density at radius 1 is 1.14 bits per heavy atom. The zero-order chi connectivity index (χ0) is 19.8. The van der Waals surface area contributed by atoms with E-state index in [0.29, 0.717) is 11.4 Å². The van der Waals surface area contributed by atoms with E-state index in [4.69, 9.17) is 0 Å². The number of ketones is 1. The van der Waals surface area contributed by atoms with E-state index >= 15 is 0 Å². The summed E-state index contributed by atoms with van der Waals surface area (Å²) in [6.07, 6.45) is 3.69. The molecule has 2 aromatic carbocycles. The molecule has 3 heterocycles. The molecule has 0 spiro atoms. The fourth-order valence-electron chi connectivity index (χ4n) is 3.62. The first kappa shape index (κ1) is 17.6. The molecule has 2 aromatic heterocycles. The van der Waals surface area contributed by atoms with Gasteiger partial charge in [0, 0.05) is 35.8 Å². The summed E-state index contributed by atoms with van der Waals surface area (Å²) in [6.45, 7) is 2.57. The van der Waals surface area contributed by atoms with E-state index in [0.717, 1.165) is 47.4 Å². The van der Waals surface area contributed by atoms with Crippen molar-refractivity contribution in [2.45, 2.75) is 19.5 Å². The Bertz CT molecular complexity index is 1220. The molecule has 0 atom stereocenters. The van der Waals surface area contributed by atoms with Gasteiger partial charge in [0.05, 0.1) is 30.4 Å². The van der Waals surface area contributed by atoms with Crippen molar-refractivity contribution in [3.63, 3.8) is 0 Å². The van der Waals surface area contributed by atoms with Crippen LogP contribution >= 0.6 is 0 Å². The van der Waals surface area contributed by atoms with Crippen LogP contribution in [0, 0.1) is 5.82 Å². The number of rotatable bonds is 4. The van der Waals surface area contributed by atoms with Crippen LogP contribution in [-0.2, 0) is 19.5 Å². The molecule has 7 heteroatoms. The fraction of sp³-hybridized carbons (Fsp3) is 0.182. The molecule has 0 saturated carbocycles. The molecule has 0 bridgehead atoms. The molecule has 1 aliphatic rings. The third-order valence-corrected chi connectivity index (χ3v) is 5.17. The minimum atomic E-state index is -0.367. The predicted molar refractivity (Wildman–Crippen MR) is 107 cm³/mol. The Morgan fingerprint density at radius 2 is 2.00 bits per heavy atom. The summed E-state index contributed by atoms with van der Waals surface area (Å²) in [6, 6.07) is 11.6. The van der Waals surface area contributed by atoms with Gasteiger partial charge in [-0.15, -0.1) is 0 Å². The van der Waals surface area contributed by atoms with Crippen LogP contribution in [-0.4, -0.2) is 32.1 Å². The van der Waals surface area contributed by atoms with Gasteiger partial charge in [0.15, 0.2) is 5.78 Å². The quantitative estimate of drug-likeness (QED) is 0.545. The molecule has 0 radical (unpaired) electrons. The minimum Gasteiger partial charge on any atom is -0.309 e. The normalized spacial score (nSPS) is 13.4. The summed E-state index contributed by atoms with van der Waals surface area (Å²) in [5.41, 5.74) is 4.51. The Hall–Kier alpha value is -3.45. The van der Waals surface area contributed by atoms with Gasteiger partial charge in [-0.2, -0.15) is 5.10 Å². The van der Waals surface area contributed by atoms with Gasteiger partial charge in [-0.3, -0.25) is 9.48 Å². The molecule has 0 aliphatic carbocycles. The molecule has 5 rings (SSSR count). The Morgan fingerprint density at radius 3 is 2.86 bits per heavy atom. The van der Waals surface area contributed by atoms with Gasteiger partial charge in [-0.05, 0) is 35.9 Å². The third-order valence-electron chi connectivity index (χ3n) is 5.17. The Labute approximate surface area is 166 Å². The molecule has 0 amide bonds. The third kappa shape index (κ3) is 3.40. The van der Waals surface area contributed by atoms with Crippen molar-refractivity contribution in [2.24, 2.45) is 0 Å². The highest BCUT2D eigenvalue weighted by Gasteiger charge is 2.16. The summed E-state index contributed by atoms with van der Waals surface area (Å²) in [4.78, 5) is 21.4. The first-order valence-electron chi connectivity index (χ1n) is 9.47. The highest BCUT2D eigenvalue weighted by molar-refractivity contribution is 5.97. The lowest BCUT2D eigenvalue weighted by molar-refractivity contribution is 0.0991. The second kappa shape index (κ2) is 7.18. The first-order chi connectivity index (χ1) is 14.2. The van der Waals surface area contributed by atoms with E-state index in [1.807, 2.05) is 29.1 Å². The maximum atomic E-state index is 13.1. The monoisotopic (exact) mass is 387 g/mol. The fourth-order valence-corrected chi connectivity index (χ4v) is 3.62. The maximum absolute atomic E-state index is 13.1. The number of halogens is 1. The van der Waals surface area contributed by atoms with Gasteiger partial charge < -0.3 is 5.32 Å². The number of Topliss-reactive ketones (excluding diaryl/α,β-unsaturated/α-hetero) is 1. The van der Waals surface area contributed by atoms with Gasteiger partial charge in [0.2, 0.25) is 0 Å². The SMILES string of the molecule is O=C(Cc1ncc2ccc(-c3cnn4c3CNCC4)cc2n1)c1ccc(F)cc1. The van der Waals surface area contributed by atoms with Crippen molar-refractivity contribution in [1.82, 2.24) is 25.1 Å². The van der Waals surface area contributed by atoms with Crippen molar-refractivity contribution in [3.8, 4) is 11.1 Å². The number of hydrogen-bond acceptors (Lipinski definition) is 5. The van der Waals surface area contributed by atoms with Crippen LogP contribution in [0.2, 0.25) is 0 Å². The van der Waals surface area contributed by atoms with Crippen LogP contribution in [0.1, 0.15) is 21.9 Å². The van der Waals surface area contributed by atoms with Crippen molar-refractivity contribution >= 4 is 16.7 Å². The first-order valence-corrected chi connectivity index (χ1v) is 9.47. The molecule has 6 nitrogen and oxygen atoms in total. The maximum Gasteiger partial charge on any atom is 0.170 e. The van der Waals surface area contributed by atoms with Gasteiger partial charge in [0.1, 0.15) is 11.6 Å². The lowest BCUT2D eigenvalue weighted by Gasteiger charge is -2.16. The summed E-state index contributed by atoms with van der Waals surface area (Å²) in [5.74, 6) is -0.0615. The average molecular weight is 387 g/mol. The zero-order valence-corrected chi connectivity index (χ0v) is 15.6. The van der Waals surface area contributed by atoms with Crippen molar-refractivity contribution < 1.29 is 9.18 Å². The van der Waals surface area contributed by atoms with E-state index in [2.05, 4.69) is 20.4 Å². The van der Waals surface area contributed by atoms with Crippen LogP contribution in [0.5, 0.6) is 0 Å². The van der Waals surface area contributed by atoms with Crippen LogP contribution < -0.4 is 5.32 Å². The van der Waals surface area contributed by atoms with Crippen LogP contribution in [0.25, 0.3) is 22.0 Å². The topological polar surface area (TPSA) is 72.7 Å². The second-order valence-corrected chi connectivity index (χ2v) is 7.07. The van der Waals surface area contributed by atoms with Gasteiger partial charge >= 0.3 is 0 Å². The predicted octanol–water partition coefficient (Wildman–Crippen LogP) is 3.16. The molecule has 1 aliphatic heterocycles. The van der Waals surface area contributed by atoms with Crippen molar-refractivity contribution in [2.75, 3.05) is 6.54 Å². The number of nitrogens with zero attached hydrogens (tertiary/aromatic N) is 4. The summed E-state index contributed by atoms with van der Waals surface area (Å²) in [5, 5.41) is 8.77. The molecule has 4 aromatic rings. The van der Waals surface area contributed by atoms with Crippen molar-refractivity contribution in [3.05, 3.63) is 77.8 Å². The lowest BCUT2D eigenvalue weighted by Crippen LogP contribution is -2.28. The van der Waals surface area contributed by atoms with Gasteiger partial charge in [-0.25, -0.2) is 14.4 Å². The van der Waals surface area contributed by atoms with E-state index in [9.17, 15) is 9.18 Å². The molecule has 0 fully saturated rings. The standard InChI is InChI=1S/C22H18FN5O/c23-17-5-3-14(4-6-17)21(29)10-22-25-11-16-2-1-15(9-19(16)27-22)18-12-26-28-8-7-24-13-20(18)28/h1-6,9,11-12,24H,7-8,10,13H2. The highest BCUT2D eigenvalue weighted by Crippen LogP contribution is 2.27. The minimum absolute atomic E-state index is 0.0684. The molecular weight excluding hydrogens is 369 g/mol.